The van der Waals surface area contributed by atoms with Crippen molar-refractivity contribution in [2.24, 2.45) is 5.92 Å². The van der Waals surface area contributed by atoms with Gasteiger partial charge in [-0.25, -0.2) is 0 Å². The van der Waals surface area contributed by atoms with Gasteiger partial charge in [0.05, 0.1) is 12.0 Å². The van der Waals surface area contributed by atoms with Crippen LogP contribution < -0.4 is 0 Å². The van der Waals surface area contributed by atoms with Crippen LogP contribution in [-0.2, 0) is 6.42 Å². The molecular weight excluding hydrogens is 218 g/mol. The predicted molar refractivity (Wildman–Crippen MR) is 75.4 cm³/mol. The Bertz CT molecular complexity index is 393. The molecule has 0 saturated heterocycles. The maximum Gasteiger partial charge on any atom is 0.0659 e. The zero-order valence-electron chi connectivity index (χ0n) is 11.4. The van der Waals surface area contributed by atoms with Crippen LogP contribution in [0, 0.1) is 17.2 Å². The Hall–Kier alpha value is -1.29. The zero-order chi connectivity index (χ0) is 12.8. The fraction of sp³-hybridized carbons (Fsp3) is 0.588. The highest BCUT2D eigenvalue weighted by molar-refractivity contribution is 5.26. The molecule has 1 aromatic rings. The van der Waals surface area contributed by atoms with E-state index < -0.39 is 0 Å². The smallest absolute Gasteiger partial charge is 0.0659 e. The van der Waals surface area contributed by atoms with Crippen LogP contribution in [0.5, 0.6) is 0 Å². The predicted octanol–water partition coefficient (Wildman–Crippen LogP) is 4.83. The van der Waals surface area contributed by atoms with Gasteiger partial charge < -0.3 is 0 Å². The van der Waals surface area contributed by atoms with E-state index in [-0.39, 0.29) is 5.92 Å². The minimum absolute atomic E-state index is 0.172. The highest BCUT2D eigenvalue weighted by Crippen LogP contribution is 2.32. The minimum Gasteiger partial charge on any atom is -0.198 e. The average molecular weight is 241 g/mol. The lowest BCUT2D eigenvalue weighted by atomic mass is 9.83. The minimum atomic E-state index is 0.172. The first kappa shape index (κ1) is 13.1. The number of nitrogens with zero attached hydrogens (tertiary/aromatic N) is 1. The molecular formula is C17H23N. The van der Waals surface area contributed by atoms with Crippen molar-refractivity contribution in [2.75, 3.05) is 0 Å². The van der Waals surface area contributed by atoms with Gasteiger partial charge in [-0.05, 0) is 42.7 Å². The van der Waals surface area contributed by atoms with Crippen LogP contribution in [0.4, 0.5) is 0 Å². The lowest BCUT2D eigenvalue weighted by molar-refractivity contribution is 0.443. The first-order valence-corrected chi connectivity index (χ1v) is 7.32. The van der Waals surface area contributed by atoms with Crippen molar-refractivity contribution in [3.05, 3.63) is 35.4 Å². The number of rotatable bonds is 4. The third-order valence-corrected chi connectivity index (χ3v) is 4.21. The number of benzene rings is 1. The Labute approximate surface area is 111 Å². The van der Waals surface area contributed by atoms with Gasteiger partial charge in [-0.15, -0.1) is 0 Å². The zero-order valence-corrected chi connectivity index (χ0v) is 11.4. The molecule has 0 aliphatic heterocycles. The molecule has 0 radical (unpaired) electrons. The molecule has 18 heavy (non-hydrogen) atoms. The maximum absolute atomic E-state index is 9.00. The summed E-state index contributed by atoms with van der Waals surface area (Å²) in [4.78, 5) is 0. The van der Waals surface area contributed by atoms with Gasteiger partial charge >= 0.3 is 0 Å². The van der Waals surface area contributed by atoms with Gasteiger partial charge in [0, 0.05) is 0 Å². The van der Waals surface area contributed by atoms with Crippen LogP contribution in [0.15, 0.2) is 24.3 Å². The second-order valence-electron chi connectivity index (χ2n) is 5.51. The van der Waals surface area contributed by atoms with E-state index in [2.05, 4.69) is 37.3 Å². The van der Waals surface area contributed by atoms with Gasteiger partial charge in [0.25, 0.3) is 0 Å². The van der Waals surface area contributed by atoms with E-state index in [1.165, 1.54) is 43.2 Å². The van der Waals surface area contributed by atoms with Gasteiger partial charge in [-0.3, -0.25) is 0 Å². The Kier molecular flexibility index (Phi) is 4.81. The molecule has 1 aliphatic rings. The SMILES string of the molecule is CCC(C#N)Cc1ccc(C2CCCCC2)cc1. The van der Waals surface area contributed by atoms with Crippen molar-refractivity contribution in [1.29, 1.82) is 5.26 Å². The molecule has 96 valence electrons. The van der Waals surface area contributed by atoms with Crippen molar-refractivity contribution in [1.82, 2.24) is 0 Å². The number of hydrogen-bond acceptors (Lipinski definition) is 1. The van der Waals surface area contributed by atoms with Gasteiger partial charge in [-0.2, -0.15) is 5.26 Å². The summed E-state index contributed by atoms with van der Waals surface area (Å²) in [5.74, 6) is 0.955. The molecule has 0 amide bonds. The lowest BCUT2D eigenvalue weighted by Gasteiger charge is -2.22. The molecule has 1 saturated carbocycles. The second-order valence-corrected chi connectivity index (χ2v) is 5.51. The summed E-state index contributed by atoms with van der Waals surface area (Å²) in [6, 6.07) is 11.4. The lowest BCUT2D eigenvalue weighted by Crippen LogP contribution is -2.05. The molecule has 0 heterocycles. The van der Waals surface area contributed by atoms with Crippen LogP contribution in [0.25, 0.3) is 0 Å². The summed E-state index contributed by atoms with van der Waals surface area (Å²) >= 11 is 0. The summed E-state index contributed by atoms with van der Waals surface area (Å²) in [5.41, 5.74) is 2.81. The van der Waals surface area contributed by atoms with Crippen LogP contribution in [0.3, 0.4) is 0 Å². The quantitative estimate of drug-likeness (QED) is 0.741. The molecule has 0 aromatic heterocycles. The van der Waals surface area contributed by atoms with E-state index in [4.69, 9.17) is 5.26 Å². The topological polar surface area (TPSA) is 23.8 Å². The third kappa shape index (κ3) is 3.35. The molecule has 1 heteroatoms. The highest BCUT2D eigenvalue weighted by Gasteiger charge is 2.15. The molecule has 0 N–H and O–H groups in total. The van der Waals surface area contributed by atoms with Crippen LogP contribution in [-0.4, -0.2) is 0 Å². The molecule has 2 rings (SSSR count). The summed E-state index contributed by atoms with van der Waals surface area (Å²) < 4.78 is 0. The fourth-order valence-corrected chi connectivity index (χ4v) is 2.93. The standard InChI is InChI=1S/C17H23N/c1-2-14(13-18)12-15-8-10-17(11-9-15)16-6-4-3-5-7-16/h8-11,14,16H,2-7,12H2,1H3. The van der Waals surface area contributed by atoms with E-state index in [1.54, 1.807) is 0 Å². The Balaban J connectivity index is 1.98. The largest absolute Gasteiger partial charge is 0.198 e. The first-order valence-electron chi connectivity index (χ1n) is 7.32. The van der Waals surface area contributed by atoms with E-state index >= 15 is 0 Å². The van der Waals surface area contributed by atoms with Gasteiger partial charge in [0.15, 0.2) is 0 Å². The Morgan fingerprint density at radius 1 is 1.17 bits per heavy atom. The third-order valence-electron chi connectivity index (χ3n) is 4.21. The van der Waals surface area contributed by atoms with Crippen molar-refractivity contribution < 1.29 is 0 Å². The molecule has 1 nitrogen and oxygen atoms in total. The summed E-state index contributed by atoms with van der Waals surface area (Å²) in [5, 5.41) is 9.00. The van der Waals surface area contributed by atoms with E-state index in [0.29, 0.717) is 0 Å². The number of hydrogen-bond donors (Lipinski definition) is 0. The Morgan fingerprint density at radius 2 is 1.83 bits per heavy atom. The summed E-state index contributed by atoms with van der Waals surface area (Å²) in [7, 11) is 0. The average Bonchev–Trinajstić information content (AvgIpc) is 2.46. The number of nitriles is 1. The molecule has 1 aliphatic carbocycles. The van der Waals surface area contributed by atoms with E-state index in [1.807, 2.05) is 0 Å². The van der Waals surface area contributed by atoms with Crippen molar-refractivity contribution >= 4 is 0 Å². The maximum atomic E-state index is 9.00. The molecule has 1 unspecified atom stereocenters. The Morgan fingerprint density at radius 3 is 2.39 bits per heavy atom. The molecule has 0 bridgehead atoms. The molecule has 1 fully saturated rings. The van der Waals surface area contributed by atoms with Crippen LogP contribution in [0.2, 0.25) is 0 Å². The normalized spacial score (nSPS) is 18.2. The van der Waals surface area contributed by atoms with Crippen LogP contribution >= 0.6 is 0 Å². The van der Waals surface area contributed by atoms with Crippen molar-refractivity contribution in [3.8, 4) is 6.07 Å². The van der Waals surface area contributed by atoms with Gasteiger partial charge in [0.2, 0.25) is 0 Å². The first-order chi connectivity index (χ1) is 8.83. The fourth-order valence-electron chi connectivity index (χ4n) is 2.93. The monoisotopic (exact) mass is 241 g/mol. The molecule has 1 aromatic carbocycles. The van der Waals surface area contributed by atoms with Crippen molar-refractivity contribution in [3.63, 3.8) is 0 Å². The van der Waals surface area contributed by atoms with Gasteiger partial charge in [-0.1, -0.05) is 50.5 Å². The van der Waals surface area contributed by atoms with E-state index in [9.17, 15) is 0 Å². The van der Waals surface area contributed by atoms with Crippen molar-refractivity contribution in [2.45, 2.75) is 57.8 Å². The molecule has 1 atom stereocenters. The van der Waals surface area contributed by atoms with Gasteiger partial charge in [0.1, 0.15) is 0 Å². The summed E-state index contributed by atoms with van der Waals surface area (Å²) in [6.45, 7) is 2.09. The second kappa shape index (κ2) is 6.59. The molecule has 0 spiro atoms. The van der Waals surface area contributed by atoms with Crippen LogP contribution in [0.1, 0.15) is 62.5 Å². The summed E-state index contributed by atoms with van der Waals surface area (Å²) in [6.07, 6.45) is 8.75. The highest BCUT2D eigenvalue weighted by atomic mass is 14.3. The van der Waals surface area contributed by atoms with E-state index in [0.717, 1.165) is 18.8 Å².